The van der Waals surface area contributed by atoms with Crippen LogP contribution in [0.25, 0.3) is 0 Å². The first-order valence-electron chi connectivity index (χ1n) is 7.58. The Balaban J connectivity index is 0.00000484. The van der Waals surface area contributed by atoms with Crippen molar-refractivity contribution in [3.05, 3.63) is 0 Å². The molecule has 1 unspecified atom stereocenters. The third kappa shape index (κ3) is 10.2. The van der Waals surface area contributed by atoms with E-state index in [0.29, 0.717) is 32.0 Å². The molecule has 1 saturated heterocycles. The highest BCUT2D eigenvalue weighted by Crippen LogP contribution is 2.23. The Bertz CT molecular complexity index is 360. The Hall–Kier alpha value is -0.290. The summed E-state index contributed by atoms with van der Waals surface area (Å²) in [6, 6.07) is 0. The molecule has 1 rings (SSSR count). The molecule has 0 aromatic heterocycles. The van der Waals surface area contributed by atoms with Crippen LogP contribution in [0.3, 0.4) is 0 Å². The van der Waals surface area contributed by atoms with Gasteiger partial charge in [0.15, 0.2) is 5.96 Å². The van der Waals surface area contributed by atoms with Crippen molar-refractivity contribution in [2.45, 2.75) is 38.0 Å². The fourth-order valence-corrected chi connectivity index (χ4v) is 2.41. The highest BCUT2D eigenvalue weighted by Gasteiger charge is 2.30. The molecule has 0 bridgehead atoms. The predicted octanol–water partition coefficient (Wildman–Crippen LogP) is 2.22. The summed E-state index contributed by atoms with van der Waals surface area (Å²) in [4.78, 5) is 5.37. The van der Waals surface area contributed by atoms with Crippen LogP contribution in [0.1, 0.15) is 26.2 Å². The zero-order chi connectivity index (χ0) is 16.6. The maximum Gasteiger partial charge on any atom is 0.401 e. The Morgan fingerprint density at radius 3 is 2.57 bits per heavy atom. The first-order chi connectivity index (χ1) is 10.2. The van der Waals surface area contributed by atoms with E-state index in [0.717, 1.165) is 19.4 Å². The molecule has 1 fully saturated rings. The van der Waals surface area contributed by atoms with E-state index in [4.69, 9.17) is 4.74 Å². The van der Waals surface area contributed by atoms with E-state index in [2.05, 4.69) is 22.5 Å². The van der Waals surface area contributed by atoms with Crippen molar-refractivity contribution < 1.29 is 17.9 Å². The summed E-state index contributed by atoms with van der Waals surface area (Å²) in [5.74, 6) is 0.648. The van der Waals surface area contributed by atoms with Gasteiger partial charge < -0.3 is 15.4 Å². The number of ether oxygens (including phenoxy) is 1. The Morgan fingerprint density at radius 2 is 2.04 bits per heavy atom. The van der Waals surface area contributed by atoms with Gasteiger partial charge in [-0.1, -0.05) is 0 Å². The van der Waals surface area contributed by atoms with Gasteiger partial charge in [-0.15, -0.1) is 24.0 Å². The average Bonchev–Trinajstić information content (AvgIpc) is 2.83. The van der Waals surface area contributed by atoms with Crippen molar-refractivity contribution in [1.82, 2.24) is 15.5 Å². The van der Waals surface area contributed by atoms with Gasteiger partial charge in [0.2, 0.25) is 0 Å². The average molecular weight is 452 g/mol. The molecule has 0 aromatic carbocycles. The fourth-order valence-electron chi connectivity index (χ4n) is 2.41. The number of halogens is 4. The molecular formula is C14H28F3IN4O. The molecule has 0 aromatic rings. The second-order valence-electron chi connectivity index (χ2n) is 5.96. The van der Waals surface area contributed by atoms with Gasteiger partial charge in [0, 0.05) is 26.7 Å². The smallest absolute Gasteiger partial charge is 0.373 e. The van der Waals surface area contributed by atoms with Gasteiger partial charge in [-0.2, -0.15) is 13.2 Å². The predicted molar refractivity (Wildman–Crippen MR) is 96.5 cm³/mol. The molecule has 138 valence electrons. The van der Waals surface area contributed by atoms with Gasteiger partial charge >= 0.3 is 6.18 Å². The molecule has 5 nitrogen and oxygen atoms in total. The van der Waals surface area contributed by atoms with Gasteiger partial charge in [-0.25, -0.2) is 0 Å². The highest BCUT2D eigenvalue weighted by molar-refractivity contribution is 14.0. The maximum atomic E-state index is 12.2. The number of nitrogens with zero attached hydrogens (tertiary/aromatic N) is 2. The second-order valence-corrected chi connectivity index (χ2v) is 5.96. The molecule has 0 aliphatic carbocycles. The van der Waals surface area contributed by atoms with Crippen LogP contribution >= 0.6 is 24.0 Å². The van der Waals surface area contributed by atoms with E-state index < -0.39 is 12.7 Å². The lowest BCUT2D eigenvalue weighted by atomic mass is 10.0. The Morgan fingerprint density at radius 1 is 1.35 bits per heavy atom. The minimum atomic E-state index is -4.14. The Kier molecular flexibility index (Phi) is 10.4. The van der Waals surface area contributed by atoms with Crippen molar-refractivity contribution in [2.24, 2.45) is 4.99 Å². The summed E-state index contributed by atoms with van der Waals surface area (Å²) in [5, 5.41) is 6.30. The molecule has 1 atom stereocenters. The van der Waals surface area contributed by atoms with Gasteiger partial charge in [-0.05, 0) is 39.8 Å². The lowest BCUT2D eigenvalue weighted by Gasteiger charge is -2.25. The number of guanidine groups is 1. The molecule has 0 amide bonds. The normalized spacial score (nSPS) is 22.1. The highest BCUT2D eigenvalue weighted by atomic mass is 127. The molecule has 23 heavy (non-hydrogen) atoms. The first kappa shape index (κ1) is 22.7. The summed E-state index contributed by atoms with van der Waals surface area (Å²) < 4.78 is 42.2. The molecule has 9 heteroatoms. The monoisotopic (exact) mass is 452 g/mol. The standard InChI is InChI=1S/C14H27F3N4O.HI/c1-13(6-4-9-22-13)10-20-12(18-2)19-7-5-8-21(3)11-14(15,16)17;/h4-11H2,1-3H3,(H2,18,19,20);1H. The van der Waals surface area contributed by atoms with Gasteiger partial charge in [0.1, 0.15) is 0 Å². The van der Waals surface area contributed by atoms with Crippen LogP contribution in [0.5, 0.6) is 0 Å². The fraction of sp³-hybridized carbons (Fsp3) is 0.929. The van der Waals surface area contributed by atoms with Crippen molar-refractivity contribution in [3.63, 3.8) is 0 Å². The van der Waals surface area contributed by atoms with Crippen LogP contribution in [0, 0.1) is 0 Å². The molecule has 0 saturated carbocycles. The third-order valence-electron chi connectivity index (χ3n) is 3.61. The lowest BCUT2D eigenvalue weighted by Crippen LogP contribution is -2.46. The minimum Gasteiger partial charge on any atom is -0.373 e. The van der Waals surface area contributed by atoms with Crippen molar-refractivity contribution in [1.29, 1.82) is 0 Å². The van der Waals surface area contributed by atoms with Gasteiger partial charge in [0.25, 0.3) is 0 Å². The molecule has 1 aliphatic heterocycles. The van der Waals surface area contributed by atoms with E-state index in [1.165, 1.54) is 11.9 Å². The zero-order valence-corrected chi connectivity index (χ0v) is 16.3. The minimum absolute atomic E-state index is 0. The van der Waals surface area contributed by atoms with E-state index in [1.54, 1.807) is 7.05 Å². The SMILES string of the molecule is CN=C(NCCCN(C)CC(F)(F)F)NCC1(C)CCCO1.I. The molecule has 1 aliphatic rings. The van der Waals surface area contributed by atoms with Gasteiger partial charge in [-0.3, -0.25) is 9.89 Å². The summed E-state index contributed by atoms with van der Waals surface area (Å²) in [6.45, 7) is 3.59. The van der Waals surface area contributed by atoms with Crippen LogP contribution in [0.4, 0.5) is 13.2 Å². The number of alkyl halides is 3. The van der Waals surface area contributed by atoms with E-state index in [1.807, 2.05) is 0 Å². The zero-order valence-electron chi connectivity index (χ0n) is 14.0. The molecular weight excluding hydrogens is 424 g/mol. The first-order valence-corrected chi connectivity index (χ1v) is 7.58. The largest absolute Gasteiger partial charge is 0.401 e. The number of aliphatic imine (C=N–C) groups is 1. The molecule has 1 heterocycles. The van der Waals surface area contributed by atoms with Crippen molar-refractivity contribution in [3.8, 4) is 0 Å². The van der Waals surface area contributed by atoms with Gasteiger partial charge in [0.05, 0.1) is 12.1 Å². The van der Waals surface area contributed by atoms with Crippen LogP contribution in [0.2, 0.25) is 0 Å². The van der Waals surface area contributed by atoms with Crippen molar-refractivity contribution in [2.75, 3.05) is 46.9 Å². The number of rotatable bonds is 7. The topological polar surface area (TPSA) is 48.9 Å². The molecule has 0 radical (unpaired) electrons. The number of nitrogens with one attached hydrogen (secondary N) is 2. The summed E-state index contributed by atoms with van der Waals surface area (Å²) >= 11 is 0. The quantitative estimate of drug-likeness (QED) is 0.269. The maximum absolute atomic E-state index is 12.2. The van der Waals surface area contributed by atoms with E-state index in [-0.39, 0.29) is 29.6 Å². The summed E-state index contributed by atoms with van der Waals surface area (Å²) in [5.41, 5.74) is -0.162. The Labute approximate surface area is 153 Å². The van der Waals surface area contributed by atoms with E-state index >= 15 is 0 Å². The van der Waals surface area contributed by atoms with Crippen LogP contribution < -0.4 is 10.6 Å². The van der Waals surface area contributed by atoms with E-state index in [9.17, 15) is 13.2 Å². The molecule has 0 spiro atoms. The van der Waals surface area contributed by atoms with Crippen LogP contribution in [-0.4, -0.2) is 69.5 Å². The van der Waals surface area contributed by atoms with Crippen molar-refractivity contribution >= 4 is 29.9 Å². The third-order valence-corrected chi connectivity index (χ3v) is 3.61. The second kappa shape index (κ2) is 10.5. The summed E-state index contributed by atoms with van der Waals surface area (Å²) in [7, 11) is 3.14. The number of hydrogen-bond acceptors (Lipinski definition) is 3. The summed E-state index contributed by atoms with van der Waals surface area (Å²) in [6.07, 6.45) is -1.45. The number of hydrogen-bond donors (Lipinski definition) is 2. The lowest BCUT2D eigenvalue weighted by molar-refractivity contribution is -0.143. The van der Waals surface area contributed by atoms with Crippen LogP contribution in [0.15, 0.2) is 4.99 Å². The molecule has 2 N–H and O–H groups in total. The van der Waals surface area contributed by atoms with Crippen LogP contribution in [-0.2, 0) is 4.74 Å².